The summed E-state index contributed by atoms with van der Waals surface area (Å²) in [6.07, 6.45) is 0.429. The van der Waals surface area contributed by atoms with Crippen molar-refractivity contribution in [3.63, 3.8) is 0 Å². The quantitative estimate of drug-likeness (QED) is 0.707. The topological polar surface area (TPSA) is 59.2 Å². The lowest BCUT2D eigenvalue weighted by atomic mass is 10.1. The monoisotopic (exact) mass is 197 g/mol. The highest BCUT2D eigenvalue weighted by Crippen LogP contribution is 2.29. The molecule has 2 rings (SSSR count). The van der Waals surface area contributed by atoms with Crippen LogP contribution in [0.5, 0.6) is 0 Å². The summed E-state index contributed by atoms with van der Waals surface area (Å²) < 4.78 is 0. The van der Waals surface area contributed by atoms with E-state index in [-0.39, 0.29) is 18.0 Å². The molecule has 2 heterocycles. The van der Waals surface area contributed by atoms with Gasteiger partial charge in [-0.25, -0.2) is 4.98 Å². The van der Waals surface area contributed by atoms with Crippen LogP contribution in [-0.2, 0) is 4.79 Å². The summed E-state index contributed by atoms with van der Waals surface area (Å²) in [7, 11) is 1.78. The van der Waals surface area contributed by atoms with E-state index in [4.69, 9.17) is 5.73 Å². The van der Waals surface area contributed by atoms with E-state index in [0.29, 0.717) is 6.42 Å². The standard InChI is InChI=1S/C8H11N3OS/c1-11-7(12)2-5(9)8(11)6-3-13-4-10-6/h3-5,8H,2,9H2,1H3/t5-,8-/m0/s1. The molecule has 0 unspecified atom stereocenters. The average Bonchev–Trinajstić information content (AvgIpc) is 2.63. The van der Waals surface area contributed by atoms with Gasteiger partial charge >= 0.3 is 0 Å². The van der Waals surface area contributed by atoms with Gasteiger partial charge in [-0.15, -0.1) is 11.3 Å². The second-order valence-corrected chi connectivity index (χ2v) is 3.95. The van der Waals surface area contributed by atoms with Crippen LogP contribution in [0.1, 0.15) is 18.2 Å². The zero-order valence-electron chi connectivity index (χ0n) is 7.30. The molecule has 1 aromatic heterocycles. The third-order valence-corrected chi connectivity index (χ3v) is 2.99. The number of rotatable bonds is 1. The number of hydrogen-bond acceptors (Lipinski definition) is 4. The summed E-state index contributed by atoms with van der Waals surface area (Å²) in [5, 5.41) is 1.94. The van der Waals surface area contributed by atoms with E-state index in [1.165, 1.54) is 11.3 Å². The van der Waals surface area contributed by atoms with Crippen LogP contribution in [0.3, 0.4) is 0 Å². The van der Waals surface area contributed by atoms with Gasteiger partial charge in [-0.1, -0.05) is 0 Å². The van der Waals surface area contributed by atoms with Crippen molar-refractivity contribution >= 4 is 17.2 Å². The fraction of sp³-hybridized carbons (Fsp3) is 0.500. The maximum absolute atomic E-state index is 11.3. The summed E-state index contributed by atoms with van der Waals surface area (Å²) in [6, 6.07) is -0.140. The second kappa shape index (κ2) is 3.08. The minimum absolute atomic E-state index is 0.0289. The normalized spacial score (nSPS) is 28.5. The Bertz CT molecular complexity index is 311. The number of thiazole rings is 1. The maximum Gasteiger partial charge on any atom is 0.224 e. The average molecular weight is 197 g/mol. The molecule has 1 aliphatic rings. The van der Waals surface area contributed by atoms with Crippen molar-refractivity contribution in [1.82, 2.24) is 9.88 Å². The molecule has 2 N–H and O–H groups in total. The molecule has 13 heavy (non-hydrogen) atoms. The van der Waals surface area contributed by atoms with Crippen molar-refractivity contribution in [1.29, 1.82) is 0 Å². The summed E-state index contributed by atoms with van der Waals surface area (Å²) in [5.74, 6) is 0.102. The van der Waals surface area contributed by atoms with Crippen LogP contribution in [0.4, 0.5) is 0 Å². The molecule has 1 amide bonds. The van der Waals surface area contributed by atoms with E-state index < -0.39 is 0 Å². The van der Waals surface area contributed by atoms with Crippen molar-refractivity contribution < 1.29 is 4.79 Å². The number of likely N-dealkylation sites (tertiary alicyclic amines) is 1. The smallest absolute Gasteiger partial charge is 0.224 e. The molecule has 4 nitrogen and oxygen atoms in total. The van der Waals surface area contributed by atoms with Crippen LogP contribution in [-0.4, -0.2) is 28.9 Å². The van der Waals surface area contributed by atoms with Crippen LogP contribution in [0.2, 0.25) is 0 Å². The Morgan fingerprint density at radius 1 is 1.77 bits per heavy atom. The van der Waals surface area contributed by atoms with Gasteiger partial charge in [-0.2, -0.15) is 0 Å². The Labute approximate surface area is 80.4 Å². The molecule has 0 spiro atoms. The number of nitrogens with two attached hydrogens (primary N) is 1. The van der Waals surface area contributed by atoms with Gasteiger partial charge in [0.05, 0.1) is 17.2 Å². The summed E-state index contributed by atoms with van der Waals surface area (Å²) in [5.41, 5.74) is 8.52. The Balaban J connectivity index is 2.29. The summed E-state index contributed by atoms with van der Waals surface area (Å²) >= 11 is 1.53. The zero-order valence-corrected chi connectivity index (χ0v) is 8.12. The molecule has 0 radical (unpaired) electrons. The summed E-state index contributed by atoms with van der Waals surface area (Å²) in [6.45, 7) is 0. The van der Waals surface area contributed by atoms with Gasteiger partial charge in [0.2, 0.25) is 5.91 Å². The first-order valence-corrected chi connectivity index (χ1v) is 5.03. The first-order chi connectivity index (χ1) is 6.20. The minimum Gasteiger partial charge on any atom is -0.335 e. The first-order valence-electron chi connectivity index (χ1n) is 4.09. The van der Waals surface area contributed by atoms with E-state index in [9.17, 15) is 4.79 Å². The molecule has 1 aromatic rings. The molecule has 0 aliphatic carbocycles. The van der Waals surface area contributed by atoms with E-state index in [1.807, 2.05) is 5.38 Å². The highest BCUT2D eigenvalue weighted by molar-refractivity contribution is 7.07. The Kier molecular flexibility index (Phi) is 2.05. The van der Waals surface area contributed by atoms with E-state index in [1.54, 1.807) is 17.5 Å². The highest BCUT2D eigenvalue weighted by Gasteiger charge is 2.37. The fourth-order valence-corrected chi connectivity index (χ4v) is 2.27. The molecule has 5 heteroatoms. The maximum atomic E-state index is 11.3. The highest BCUT2D eigenvalue weighted by atomic mass is 32.1. The number of carbonyl (C=O) groups excluding carboxylic acids is 1. The molecule has 70 valence electrons. The molecule has 1 fully saturated rings. The molecule has 2 atom stereocenters. The van der Waals surface area contributed by atoms with Gasteiger partial charge in [0.15, 0.2) is 0 Å². The van der Waals surface area contributed by atoms with Gasteiger partial charge in [0.25, 0.3) is 0 Å². The van der Waals surface area contributed by atoms with Gasteiger partial charge in [-0.05, 0) is 0 Å². The van der Waals surface area contributed by atoms with E-state index >= 15 is 0 Å². The SMILES string of the molecule is CN1C(=O)C[C@H](N)[C@H]1c1cscn1. The Hall–Kier alpha value is -0.940. The molecule has 1 saturated heterocycles. The molecular weight excluding hydrogens is 186 g/mol. The third-order valence-electron chi connectivity index (χ3n) is 2.38. The van der Waals surface area contributed by atoms with Crippen molar-refractivity contribution in [2.75, 3.05) is 7.05 Å². The zero-order chi connectivity index (χ0) is 9.42. The van der Waals surface area contributed by atoms with Crippen molar-refractivity contribution in [2.45, 2.75) is 18.5 Å². The summed E-state index contributed by atoms with van der Waals surface area (Å²) in [4.78, 5) is 17.2. The van der Waals surface area contributed by atoms with Crippen LogP contribution in [0.15, 0.2) is 10.9 Å². The Morgan fingerprint density at radius 2 is 2.54 bits per heavy atom. The van der Waals surface area contributed by atoms with Crippen molar-refractivity contribution in [3.8, 4) is 0 Å². The Morgan fingerprint density at radius 3 is 3.00 bits per heavy atom. The van der Waals surface area contributed by atoms with E-state index in [2.05, 4.69) is 4.98 Å². The number of aromatic nitrogens is 1. The fourth-order valence-electron chi connectivity index (χ4n) is 1.69. The largest absolute Gasteiger partial charge is 0.335 e. The lowest BCUT2D eigenvalue weighted by Crippen LogP contribution is -2.30. The number of likely N-dealkylation sites (N-methyl/N-ethyl adjacent to an activating group) is 1. The molecule has 0 aromatic carbocycles. The van der Waals surface area contributed by atoms with E-state index in [0.717, 1.165) is 5.69 Å². The number of hydrogen-bond donors (Lipinski definition) is 1. The predicted molar refractivity (Wildman–Crippen MR) is 50.2 cm³/mol. The number of amides is 1. The van der Waals surface area contributed by atoms with Crippen LogP contribution >= 0.6 is 11.3 Å². The van der Waals surface area contributed by atoms with Crippen LogP contribution in [0, 0.1) is 0 Å². The van der Waals surface area contributed by atoms with Crippen molar-refractivity contribution in [3.05, 3.63) is 16.6 Å². The van der Waals surface area contributed by atoms with Gasteiger partial charge < -0.3 is 10.6 Å². The van der Waals surface area contributed by atoms with Gasteiger partial charge in [0.1, 0.15) is 0 Å². The van der Waals surface area contributed by atoms with Crippen LogP contribution < -0.4 is 5.73 Å². The molecule has 1 aliphatic heterocycles. The minimum atomic E-state index is -0.111. The third kappa shape index (κ3) is 1.34. The lowest BCUT2D eigenvalue weighted by Gasteiger charge is -2.20. The molecule has 0 bridgehead atoms. The predicted octanol–water partition coefficient (Wildman–Crippen LogP) is 0.374. The first kappa shape index (κ1) is 8.65. The molecular formula is C8H11N3OS. The number of nitrogens with zero attached hydrogens (tertiary/aromatic N) is 2. The lowest BCUT2D eigenvalue weighted by molar-refractivity contribution is -0.127. The van der Waals surface area contributed by atoms with Gasteiger partial charge in [-0.3, -0.25) is 4.79 Å². The molecule has 0 saturated carbocycles. The number of carbonyl (C=O) groups is 1. The second-order valence-electron chi connectivity index (χ2n) is 3.23. The van der Waals surface area contributed by atoms with Gasteiger partial charge in [0, 0.05) is 24.9 Å². The van der Waals surface area contributed by atoms with Crippen molar-refractivity contribution in [2.24, 2.45) is 5.73 Å². The van der Waals surface area contributed by atoms with Crippen LogP contribution in [0.25, 0.3) is 0 Å².